The minimum absolute atomic E-state index is 0.114. The van der Waals surface area contributed by atoms with Gasteiger partial charge in [-0.3, -0.25) is 19.7 Å². The van der Waals surface area contributed by atoms with Gasteiger partial charge in [0, 0.05) is 65.6 Å². The van der Waals surface area contributed by atoms with Crippen molar-refractivity contribution in [2.75, 3.05) is 26.2 Å². The fourth-order valence-electron chi connectivity index (χ4n) is 5.66. The summed E-state index contributed by atoms with van der Waals surface area (Å²) in [5.41, 5.74) is 0.190. The quantitative estimate of drug-likeness (QED) is 0.244. The van der Waals surface area contributed by atoms with Crippen molar-refractivity contribution in [3.05, 3.63) is 84.7 Å². The lowest BCUT2D eigenvalue weighted by atomic mass is 9.79. The predicted octanol–water partition coefficient (Wildman–Crippen LogP) is 4.28. The summed E-state index contributed by atoms with van der Waals surface area (Å²) >= 11 is 2.89. The molecule has 40 heavy (non-hydrogen) atoms. The van der Waals surface area contributed by atoms with Gasteiger partial charge in [0.1, 0.15) is 6.04 Å². The van der Waals surface area contributed by atoms with Crippen LogP contribution >= 0.6 is 22.7 Å². The molecule has 3 amide bonds. The number of Topliss-reactive ketones (excluding diaryl/α,β-unsaturated/α-hetero) is 1. The molecular weight excluding hydrogens is 550 g/mol. The number of amides is 3. The summed E-state index contributed by atoms with van der Waals surface area (Å²) in [5.74, 6) is -1.83. The van der Waals surface area contributed by atoms with E-state index in [2.05, 4.69) is 10.6 Å². The molecule has 10 nitrogen and oxygen atoms in total. The zero-order valence-corrected chi connectivity index (χ0v) is 23.8. The molecule has 2 fully saturated rings. The second-order valence-corrected chi connectivity index (χ2v) is 12.2. The van der Waals surface area contributed by atoms with Gasteiger partial charge in [-0.2, -0.15) is 0 Å². The monoisotopic (exact) mass is 581 g/mol. The molecule has 0 radical (unpaired) electrons. The fourth-order valence-corrected chi connectivity index (χ4v) is 7.44. The molecule has 0 bridgehead atoms. The Morgan fingerprint density at radius 3 is 2.17 bits per heavy atom. The van der Waals surface area contributed by atoms with Gasteiger partial charge >= 0.3 is 6.03 Å². The number of urea groups is 1. The first kappa shape index (κ1) is 27.9. The van der Waals surface area contributed by atoms with E-state index in [0.717, 1.165) is 9.75 Å². The largest absolute Gasteiger partial charge is 0.338 e. The molecule has 2 aromatic heterocycles. The normalized spacial score (nSPS) is 22.9. The topological polar surface area (TPSA) is 125 Å². The number of rotatable bonds is 7. The van der Waals surface area contributed by atoms with Crippen LogP contribution in [0.3, 0.4) is 0 Å². The number of benzene rings is 1. The number of carbonyl (C=O) groups is 3. The molecule has 12 heteroatoms. The van der Waals surface area contributed by atoms with Crippen LogP contribution in [0.4, 0.5) is 10.5 Å². The Labute approximate surface area is 240 Å². The highest BCUT2D eigenvalue weighted by molar-refractivity contribution is 7.10. The minimum Gasteiger partial charge on any atom is -0.338 e. The van der Waals surface area contributed by atoms with Gasteiger partial charge in [0.2, 0.25) is 5.91 Å². The van der Waals surface area contributed by atoms with Crippen LogP contribution in [0.25, 0.3) is 0 Å². The Bertz CT molecular complexity index is 1350. The van der Waals surface area contributed by atoms with Crippen molar-refractivity contribution in [2.24, 2.45) is 5.92 Å². The van der Waals surface area contributed by atoms with Gasteiger partial charge in [0.15, 0.2) is 5.78 Å². The third-order valence-electron chi connectivity index (χ3n) is 7.37. The Morgan fingerprint density at radius 1 is 1.00 bits per heavy atom. The molecule has 1 aromatic carbocycles. The molecule has 2 saturated heterocycles. The van der Waals surface area contributed by atoms with Gasteiger partial charge in [-0.05, 0) is 48.9 Å². The fraction of sp³-hybridized carbons (Fsp3) is 0.393. The Balaban J connectivity index is 1.68. The van der Waals surface area contributed by atoms with Crippen molar-refractivity contribution < 1.29 is 19.3 Å². The molecule has 5 rings (SSSR count). The number of carbonyl (C=O) groups excluding carboxylic acids is 3. The standard InChI is InChI=1S/C28H31N5O5S2/c1-17(2)30-28(36)32-24(21-6-4-16-40-21)23(26(34)18-7-9-19(10-8-18)33(37)38)22(20-5-3-15-39-20)25(32)27(35)31-13-11-29-12-14-31/h3-10,15-17,22-25,29H,11-14H2,1-2H3,(H,30,36). The average Bonchev–Trinajstić information content (AvgIpc) is 3.72. The second-order valence-electron chi connectivity index (χ2n) is 10.2. The number of non-ortho nitro benzene ring substituents is 1. The zero-order valence-electron chi connectivity index (χ0n) is 22.2. The molecule has 2 aliphatic rings. The molecule has 0 aliphatic carbocycles. The zero-order chi connectivity index (χ0) is 28.4. The maximum Gasteiger partial charge on any atom is 0.318 e. The van der Waals surface area contributed by atoms with Gasteiger partial charge in [0.25, 0.3) is 5.69 Å². The highest BCUT2D eigenvalue weighted by atomic mass is 32.1. The second kappa shape index (κ2) is 11.9. The van der Waals surface area contributed by atoms with Gasteiger partial charge in [-0.25, -0.2) is 4.79 Å². The molecule has 210 valence electrons. The summed E-state index contributed by atoms with van der Waals surface area (Å²) in [5, 5.41) is 21.3. The molecule has 3 aromatic rings. The van der Waals surface area contributed by atoms with Crippen molar-refractivity contribution in [2.45, 2.75) is 37.9 Å². The Morgan fingerprint density at radius 2 is 1.62 bits per heavy atom. The van der Waals surface area contributed by atoms with E-state index < -0.39 is 34.9 Å². The molecule has 2 N–H and O–H groups in total. The maximum atomic E-state index is 14.4. The molecule has 4 unspecified atom stereocenters. The molecule has 0 saturated carbocycles. The number of thiophene rings is 2. The van der Waals surface area contributed by atoms with Crippen LogP contribution in [0, 0.1) is 16.0 Å². The summed E-state index contributed by atoms with van der Waals surface area (Å²) in [6.45, 7) is 6.04. The number of nitro benzene ring substituents is 1. The SMILES string of the molecule is CC(C)NC(=O)N1C(C(=O)N2CCNCC2)C(c2cccs2)C(C(=O)c2ccc([N+](=O)[O-])cc2)C1c1cccs1. The van der Waals surface area contributed by atoms with Gasteiger partial charge in [-0.15, -0.1) is 22.7 Å². The van der Waals surface area contributed by atoms with Gasteiger partial charge < -0.3 is 20.4 Å². The summed E-state index contributed by atoms with van der Waals surface area (Å²) < 4.78 is 0. The molecule has 0 spiro atoms. The van der Waals surface area contributed by atoms with Crippen LogP contribution in [0.15, 0.2) is 59.3 Å². The van der Waals surface area contributed by atoms with E-state index in [4.69, 9.17) is 0 Å². The van der Waals surface area contributed by atoms with E-state index in [1.807, 2.05) is 48.9 Å². The van der Waals surface area contributed by atoms with Crippen molar-refractivity contribution in [3.63, 3.8) is 0 Å². The maximum absolute atomic E-state index is 14.4. The lowest BCUT2D eigenvalue weighted by molar-refractivity contribution is -0.384. The first-order valence-electron chi connectivity index (χ1n) is 13.2. The summed E-state index contributed by atoms with van der Waals surface area (Å²) in [6, 6.07) is 10.9. The number of nitrogens with one attached hydrogen (secondary N) is 2. The molecule has 4 atom stereocenters. The van der Waals surface area contributed by atoms with Crippen LogP contribution in [0.1, 0.15) is 45.9 Å². The number of hydrogen-bond acceptors (Lipinski definition) is 8. The Kier molecular flexibility index (Phi) is 8.29. The van der Waals surface area contributed by atoms with E-state index >= 15 is 0 Å². The van der Waals surface area contributed by atoms with Crippen molar-refractivity contribution in [3.8, 4) is 0 Å². The number of nitro groups is 1. The first-order valence-corrected chi connectivity index (χ1v) is 15.0. The lowest BCUT2D eigenvalue weighted by Gasteiger charge is -2.36. The summed E-state index contributed by atoms with van der Waals surface area (Å²) in [4.78, 5) is 58.5. The van der Waals surface area contributed by atoms with E-state index in [9.17, 15) is 24.5 Å². The molecule has 4 heterocycles. The van der Waals surface area contributed by atoms with Gasteiger partial charge in [0.05, 0.1) is 16.9 Å². The number of nitrogens with zero attached hydrogens (tertiary/aromatic N) is 3. The minimum atomic E-state index is -0.908. The van der Waals surface area contributed by atoms with Crippen LogP contribution in [-0.2, 0) is 4.79 Å². The average molecular weight is 582 g/mol. The van der Waals surface area contributed by atoms with Gasteiger partial charge in [-0.1, -0.05) is 12.1 Å². The number of ketones is 1. The highest BCUT2D eigenvalue weighted by Crippen LogP contribution is 2.53. The highest BCUT2D eigenvalue weighted by Gasteiger charge is 2.58. The van der Waals surface area contributed by atoms with E-state index in [-0.39, 0.29) is 23.4 Å². The molecule has 2 aliphatic heterocycles. The summed E-state index contributed by atoms with van der Waals surface area (Å²) in [7, 11) is 0. The number of likely N-dealkylation sites (tertiary alicyclic amines) is 1. The van der Waals surface area contributed by atoms with Crippen molar-refractivity contribution >= 4 is 46.1 Å². The number of piperazine rings is 1. The van der Waals surface area contributed by atoms with Crippen LogP contribution in [-0.4, -0.2) is 70.7 Å². The predicted molar refractivity (Wildman–Crippen MR) is 154 cm³/mol. The Hall–Kier alpha value is -3.61. The molecular formula is C28H31N5O5S2. The van der Waals surface area contributed by atoms with E-state index in [0.29, 0.717) is 31.7 Å². The third kappa shape index (κ3) is 5.38. The summed E-state index contributed by atoms with van der Waals surface area (Å²) in [6.07, 6.45) is 0. The third-order valence-corrected chi connectivity index (χ3v) is 9.28. The van der Waals surface area contributed by atoms with E-state index in [1.54, 1.807) is 9.80 Å². The van der Waals surface area contributed by atoms with Crippen LogP contribution in [0.5, 0.6) is 0 Å². The van der Waals surface area contributed by atoms with Crippen molar-refractivity contribution in [1.82, 2.24) is 20.4 Å². The van der Waals surface area contributed by atoms with Crippen molar-refractivity contribution in [1.29, 1.82) is 0 Å². The smallest absolute Gasteiger partial charge is 0.318 e. The van der Waals surface area contributed by atoms with Crippen LogP contribution < -0.4 is 10.6 Å². The van der Waals surface area contributed by atoms with Crippen LogP contribution in [0.2, 0.25) is 0 Å². The number of hydrogen-bond donors (Lipinski definition) is 2. The first-order chi connectivity index (χ1) is 19.3. The lowest BCUT2D eigenvalue weighted by Crippen LogP contribution is -2.56. The van der Waals surface area contributed by atoms with E-state index in [1.165, 1.54) is 46.9 Å².